The Bertz CT molecular complexity index is 827. The van der Waals surface area contributed by atoms with Crippen LogP contribution in [-0.2, 0) is 17.9 Å². The fraction of sp³-hybridized carbons (Fsp3) is 0.381. The second-order valence-electron chi connectivity index (χ2n) is 7.07. The van der Waals surface area contributed by atoms with E-state index in [2.05, 4.69) is 10.2 Å². The third-order valence-corrected chi connectivity index (χ3v) is 5.13. The number of carbonyl (C=O) groups excluding carboxylic acids is 1. The molecule has 2 heterocycles. The van der Waals surface area contributed by atoms with Crippen LogP contribution in [0.4, 0.5) is 4.39 Å². The minimum Gasteiger partial charge on any atom is -0.454 e. The van der Waals surface area contributed by atoms with Crippen LogP contribution in [0, 0.1) is 11.7 Å². The summed E-state index contributed by atoms with van der Waals surface area (Å²) >= 11 is 0. The molecule has 142 valence electrons. The lowest BCUT2D eigenvalue weighted by Crippen LogP contribution is -2.42. The van der Waals surface area contributed by atoms with Gasteiger partial charge < -0.3 is 14.8 Å². The smallest absolute Gasteiger partial charge is 0.231 e. The highest BCUT2D eigenvalue weighted by Gasteiger charge is 2.26. The maximum Gasteiger partial charge on any atom is 0.231 e. The molecule has 27 heavy (non-hydrogen) atoms. The minimum atomic E-state index is -0.188. The lowest BCUT2D eigenvalue weighted by atomic mass is 9.96. The maximum absolute atomic E-state index is 13.9. The number of nitrogens with one attached hydrogen (secondary N) is 1. The largest absolute Gasteiger partial charge is 0.454 e. The summed E-state index contributed by atoms with van der Waals surface area (Å²) in [5.41, 5.74) is 1.66. The SMILES string of the molecule is O=C(NCc1ccc2c(c1)OCO2)C1CCCN(Cc2ccccc2F)C1. The van der Waals surface area contributed by atoms with Crippen LogP contribution in [0.1, 0.15) is 24.0 Å². The van der Waals surface area contributed by atoms with Crippen LogP contribution in [0.2, 0.25) is 0 Å². The second-order valence-corrected chi connectivity index (χ2v) is 7.07. The van der Waals surface area contributed by atoms with Crippen molar-refractivity contribution in [2.24, 2.45) is 5.92 Å². The average Bonchev–Trinajstić information content (AvgIpc) is 3.16. The van der Waals surface area contributed by atoms with Gasteiger partial charge in [0.2, 0.25) is 12.7 Å². The summed E-state index contributed by atoms with van der Waals surface area (Å²) in [6.07, 6.45) is 1.80. The molecule has 0 spiro atoms. The Labute approximate surface area is 158 Å². The highest BCUT2D eigenvalue weighted by atomic mass is 19.1. The second kappa shape index (κ2) is 7.96. The molecule has 0 aromatic heterocycles. The number of hydrogen-bond donors (Lipinski definition) is 1. The van der Waals surface area contributed by atoms with Gasteiger partial charge in [-0.2, -0.15) is 0 Å². The molecule has 0 saturated carbocycles. The van der Waals surface area contributed by atoms with E-state index in [0.717, 1.165) is 36.4 Å². The lowest BCUT2D eigenvalue weighted by molar-refractivity contribution is -0.126. The van der Waals surface area contributed by atoms with E-state index in [1.54, 1.807) is 12.1 Å². The first-order chi connectivity index (χ1) is 13.2. The molecule has 4 rings (SSSR count). The Morgan fingerprint density at radius 2 is 2.04 bits per heavy atom. The van der Waals surface area contributed by atoms with Crippen LogP contribution in [0.25, 0.3) is 0 Å². The number of benzene rings is 2. The quantitative estimate of drug-likeness (QED) is 0.879. The van der Waals surface area contributed by atoms with Crippen molar-refractivity contribution in [3.8, 4) is 11.5 Å². The highest BCUT2D eigenvalue weighted by Crippen LogP contribution is 2.32. The number of likely N-dealkylation sites (tertiary alicyclic amines) is 1. The first kappa shape index (κ1) is 17.8. The van der Waals surface area contributed by atoms with Crippen molar-refractivity contribution in [3.05, 3.63) is 59.4 Å². The molecule has 0 aliphatic carbocycles. The summed E-state index contributed by atoms with van der Waals surface area (Å²) in [5, 5.41) is 3.02. The van der Waals surface area contributed by atoms with E-state index in [0.29, 0.717) is 25.2 Å². The molecule has 1 N–H and O–H groups in total. The Kier molecular flexibility index (Phi) is 5.25. The van der Waals surface area contributed by atoms with E-state index in [9.17, 15) is 9.18 Å². The van der Waals surface area contributed by atoms with Gasteiger partial charge in [0.15, 0.2) is 11.5 Å². The topological polar surface area (TPSA) is 50.8 Å². The molecule has 2 aliphatic heterocycles. The maximum atomic E-state index is 13.9. The summed E-state index contributed by atoms with van der Waals surface area (Å²) in [5.74, 6) is 1.24. The number of amides is 1. The fourth-order valence-corrected chi connectivity index (χ4v) is 3.67. The van der Waals surface area contributed by atoms with Gasteiger partial charge in [-0.1, -0.05) is 24.3 Å². The van der Waals surface area contributed by atoms with E-state index in [1.165, 1.54) is 6.07 Å². The van der Waals surface area contributed by atoms with Gasteiger partial charge in [-0.05, 0) is 43.1 Å². The summed E-state index contributed by atoms with van der Waals surface area (Å²) in [4.78, 5) is 14.8. The number of hydrogen-bond acceptors (Lipinski definition) is 4. The van der Waals surface area contributed by atoms with Crippen molar-refractivity contribution < 1.29 is 18.7 Å². The van der Waals surface area contributed by atoms with Gasteiger partial charge in [0.05, 0.1) is 5.92 Å². The molecule has 2 aromatic rings. The molecule has 0 radical (unpaired) electrons. The van der Waals surface area contributed by atoms with Crippen molar-refractivity contribution in [1.29, 1.82) is 0 Å². The molecular formula is C21H23FN2O3. The van der Waals surface area contributed by atoms with Crippen LogP contribution >= 0.6 is 0 Å². The van der Waals surface area contributed by atoms with Crippen LogP contribution in [0.15, 0.2) is 42.5 Å². The first-order valence-electron chi connectivity index (χ1n) is 9.31. The van der Waals surface area contributed by atoms with E-state index in [1.807, 2.05) is 24.3 Å². The van der Waals surface area contributed by atoms with Gasteiger partial charge in [0, 0.05) is 25.2 Å². The highest BCUT2D eigenvalue weighted by molar-refractivity contribution is 5.79. The molecule has 2 aromatic carbocycles. The number of fused-ring (bicyclic) bond motifs is 1. The third kappa shape index (κ3) is 4.22. The Morgan fingerprint density at radius 1 is 1.19 bits per heavy atom. The van der Waals surface area contributed by atoms with E-state index in [-0.39, 0.29) is 24.4 Å². The zero-order valence-electron chi connectivity index (χ0n) is 15.1. The van der Waals surface area contributed by atoms with Crippen LogP contribution in [-0.4, -0.2) is 30.7 Å². The standard InChI is InChI=1S/C21H23FN2O3/c22-18-6-2-1-4-16(18)12-24-9-3-5-17(13-24)21(25)23-11-15-7-8-19-20(10-15)27-14-26-19/h1-2,4,6-8,10,17H,3,5,9,11-14H2,(H,23,25). The molecule has 5 nitrogen and oxygen atoms in total. The van der Waals surface area contributed by atoms with Gasteiger partial charge in [0.1, 0.15) is 5.82 Å². The first-order valence-corrected chi connectivity index (χ1v) is 9.31. The third-order valence-electron chi connectivity index (χ3n) is 5.13. The monoisotopic (exact) mass is 370 g/mol. The van der Waals surface area contributed by atoms with Gasteiger partial charge >= 0.3 is 0 Å². The molecule has 2 aliphatic rings. The average molecular weight is 370 g/mol. The zero-order chi connectivity index (χ0) is 18.6. The minimum absolute atomic E-state index is 0.0471. The molecule has 1 saturated heterocycles. The number of halogens is 1. The fourth-order valence-electron chi connectivity index (χ4n) is 3.67. The Balaban J connectivity index is 1.31. The lowest BCUT2D eigenvalue weighted by Gasteiger charge is -2.32. The molecule has 1 amide bonds. The van der Waals surface area contributed by atoms with E-state index >= 15 is 0 Å². The normalized spacial score (nSPS) is 19.1. The van der Waals surface area contributed by atoms with Gasteiger partial charge in [-0.15, -0.1) is 0 Å². The van der Waals surface area contributed by atoms with Crippen molar-refractivity contribution in [3.63, 3.8) is 0 Å². The summed E-state index contributed by atoms with van der Waals surface area (Å²) in [6.45, 7) is 2.78. The van der Waals surface area contributed by atoms with E-state index in [4.69, 9.17) is 9.47 Å². The van der Waals surface area contributed by atoms with Gasteiger partial charge in [-0.25, -0.2) is 4.39 Å². The Morgan fingerprint density at radius 3 is 2.93 bits per heavy atom. The van der Waals surface area contributed by atoms with Crippen molar-refractivity contribution in [2.45, 2.75) is 25.9 Å². The molecule has 1 unspecified atom stereocenters. The summed E-state index contributed by atoms with van der Waals surface area (Å²) < 4.78 is 24.6. The van der Waals surface area contributed by atoms with E-state index < -0.39 is 0 Å². The van der Waals surface area contributed by atoms with Crippen molar-refractivity contribution in [2.75, 3.05) is 19.9 Å². The number of ether oxygens (including phenoxy) is 2. The molecule has 6 heteroatoms. The molecule has 1 fully saturated rings. The van der Waals surface area contributed by atoms with Crippen molar-refractivity contribution in [1.82, 2.24) is 10.2 Å². The summed E-state index contributed by atoms with van der Waals surface area (Å²) in [6, 6.07) is 12.5. The number of rotatable bonds is 5. The van der Waals surface area contributed by atoms with Crippen LogP contribution in [0.3, 0.4) is 0 Å². The molecule has 0 bridgehead atoms. The molecule has 1 atom stereocenters. The number of nitrogens with zero attached hydrogens (tertiary/aromatic N) is 1. The van der Waals surface area contributed by atoms with Gasteiger partial charge in [0.25, 0.3) is 0 Å². The van der Waals surface area contributed by atoms with Gasteiger partial charge in [-0.3, -0.25) is 9.69 Å². The number of carbonyl (C=O) groups is 1. The molecular weight excluding hydrogens is 347 g/mol. The van der Waals surface area contributed by atoms with Crippen LogP contribution in [0.5, 0.6) is 11.5 Å². The predicted octanol–water partition coefficient (Wildman–Crippen LogP) is 3.08. The summed E-state index contributed by atoms with van der Waals surface area (Å²) in [7, 11) is 0. The zero-order valence-corrected chi connectivity index (χ0v) is 15.1. The Hall–Kier alpha value is -2.60. The van der Waals surface area contributed by atoms with Crippen LogP contribution < -0.4 is 14.8 Å². The van der Waals surface area contributed by atoms with Crippen molar-refractivity contribution >= 4 is 5.91 Å². The predicted molar refractivity (Wildman–Crippen MR) is 98.8 cm³/mol. The number of piperidine rings is 1.